The second-order valence-corrected chi connectivity index (χ2v) is 6.95. The van der Waals surface area contributed by atoms with Crippen LogP contribution >= 0.6 is 0 Å². The van der Waals surface area contributed by atoms with Gasteiger partial charge in [0.1, 0.15) is 5.56 Å². The third-order valence-electron chi connectivity index (χ3n) is 5.53. The number of rotatable bonds is 2. The summed E-state index contributed by atoms with van der Waals surface area (Å²) in [4.78, 5) is 27.8. The van der Waals surface area contributed by atoms with Crippen molar-refractivity contribution in [2.45, 2.75) is 37.8 Å². The number of carbonyl (C=O) groups excluding carboxylic acids is 1. The summed E-state index contributed by atoms with van der Waals surface area (Å²) in [5.41, 5.74) is 0.857. The van der Waals surface area contributed by atoms with Crippen molar-refractivity contribution in [3.63, 3.8) is 0 Å². The number of pyridine rings is 1. The molecule has 2 aromatic rings. The zero-order valence-electron chi connectivity index (χ0n) is 14.0. The van der Waals surface area contributed by atoms with Crippen molar-refractivity contribution in [1.29, 1.82) is 0 Å². The van der Waals surface area contributed by atoms with E-state index in [0.717, 1.165) is 43.3 Å². The van der Waals surface area contributed by atoms with Gasteiger partial charge < -0.3 is 9.88 Å². The Hall–Kier alpha value is -2.14. The summed E-state index contributed by atoms with van der Waals surface area (Å²) in [5.74, 6) is -0.236. The summed E-state index contributed by atoms with van der Waals surface area (Å²) in [6.45, 7) is 2.27. The number of piperidine rings is 1. The number of aromatic nitrogens is 1. The molecule has 0 aliphatic carbocycles. The van der Waals surface area contributed by atoms with E-state index in [-0.39, 0.29) is 23.1 Å². The minimum atomic E-state index is -0.236. The van der Waals surface area contributed by atoms with Crippen LogP contribution in [0.5, 0.6) is 0 Å². The number of aryl methyl sites for hydroxylation is 1. The Morgan fingerprint density at radius 2 is 1.92 bits per heavy atom. The van der Waals surface area contributed by atoms with Crippen LogP contribution in [0.15, 0.2) is 35.1 Å². The summed E-state index contributed by atoms with van der Waals surface area (Å²) in [6, 6.07) is 9.98. The minimum Gasteiger partial charge on any atom is -0.348 e. The highest BCUT2D eigenvalue weighted by molar-refractivity contribution is 5.97. The number of nitrogens with one attached hydrogen (secondary N) is 1. The topological polar surface area (TPSA) is 54.3 Å². The molecule has 1 aromatic heterocycles. The number of amides is 1. The first-order valence-electron chi connectivity index (χ1n) is 8.79. The van der Waals surface area contributed by atoms with E-state index in [1.807, 2.05) is 24.3 Å². The number of carbonyl (C=O) groups is 1. The predicted octanol–water partition coefficient (Wildman–Crippen LogP) is 1.90. The first-order valence-corrected chi connectivity index (χ1v) is 8.79. The zero-order valence-corrected chi connectivity index (χ0v) is 14.0. The first kappa shape index (κ1) is 15.4. The molecule has 1 aromatic carbocycles. The van der Waals surface area contributed by atoms with Gasteiger partial charge in [-0.1, -0.05) is 18.2 Å². The van der Waals surface area contributed by atoms with E-state index < -0.39 is 0 Å². The Kier molecular flexibility index (Phi) is 3.88. The van der Waals surface area contributed by atoms with Crippen LogP contribution in [-0.2, 0) is 7.05 Å². The molecule has 5 nitrogen and oxygen atoms in total. The average molecular weight is 325 g/mol. The minimum absolute atomic E-state index is 0.157. The Morgan fingerprint density at radius 3 is 2.75 bits per heavy atom. The van der Waals surface area contributed by atoms with Gasteiger partial charge >= 0.3 is 0 Å². The molecule has 0 unspecified atom stereocenters. The van der Waals surface area contributed by atoms with Gasteiger partial charge in [-0.25, -0.2) is 0 Å². The lowest BCUT2D eigenvalue weighted by Crippen LogP contribution is -2.53. The molecule has 4 rings (SSSR count). The van der Waals surface area contributed by atoms with Crippen LogP contribution in [0.3, 0.4) is 0 Å². The first-order chi connectivity index (χ1) is 11.6. The summed E-state index contributed by atoms with van der Waals surface area (Å²) in [5, 5.41) is 4.06. The summed E-state index contributed by atoms with van der Waals surface area (Å²) < 4.78 is 1.56. The number of fused-ring (bicyclic) bond motifs is 2. The van der Waals surface area contributed by atoms with Crippen LogP contribution in [0.4, 0.5) is 0 Å². The van der Waals surface area contributed by atoms with Crippen molar-refractivity contribution < 1.29 is 4.79 Å². The average Bonchev–Trinajstić information content (AvgIpc) is 3.08. The molecular formula is C19H23N3O2. The Labute approximate surface area is 141 Å². The molecule has 0 saturated carbocycles. The van der Waals surface area contributed by atoms with Gasteiger partial charge in [-0.15, -0.1) is 0 Å². The van der Waals surface area contributed by atoms with Crippen molar-refractivity contribution in [3.8, 4) is 0 Å². The third-order valence-corrected chi connectivity index (χ3v) is 5.53. The molecule has 2 atom stereocenters. The molecule has 0 radical (unpaired) electrons. The number of benzene rings is 1. The van der Waals surface area contributed by atoms with Gasteiger partial charge in [0.2, 0.25) is 0 Å². The van der Waals surface area contributed by atoms with Crippen LogP contribution in [-0.4, -0.2) is 40.5 Å². The highest BCUT2D eigenvalue weighted by Crippen LogP contribution is 2.27. The normalized spacial score (nSPS) is 24.0. The van der Waals surface area contributed by atoms with Crippen LogP contribution in [0.25, 0.3) is 10.9 Å². The van der Waals surface area contributed by atoms with E-state index in [1.165, 1.54) is 6.42 Å². The van der Waals surface area contributed by atoms with Crippen molar-refractivity contribution in [1.82, 2.24) is 14.8 Å². The highest BCUT2D eigenvalue weighted by atomic mass is 16.2. The number of hydrogen-bond acceptors (Lipinski definition) is 3. The molecule has 2 aliphatic heterocycles. The second kappa shape index (κ2) is 6.06. The maximum absolute atomic E-state index is 12.8. The molecule has 1 amide bonds. The molecular weight excluding hydrogens is 302 g/mol. The molecule has 5 heteroatoms. The Bertz CT molecular complexity index is 842. The molecule has 2 aliphatic rings. The van der Waals surface area contributed by atoms with Gasteiger partial charge in [-0.2, -0.15) is 0 Å². The molecule has 1 N–H and O–H groups in total. The van der Waals surface area contributed by atoms with E-state index in [2.05, 4.69) is 10.2 Å². The predicted molar refractivity (Wildman–Crippen MR) is 94.3 cm³/mol. The Morgan fingerprint density at radius 1 is 1.17 bits per heavy atom. The highest BCUT2D eigenvalue weighted by Gasteiger charge is 2.35. The van der Waals surface area contributed by atoms with Crippen molar-refractivity contribution in [3.05, 3.63) is 46.2 Å². The number of hydrogen-bond donors (Lipinski definition) is 1. The molecule has 24 heavy (non-hydrogen) atoms. The van der Waals surface area contributed by atoms with Gasteiger partial charge in [-0.3, -0.25) is 14.5 Å². The monoisotopic (exact) mass is 325 g/mol. The molecule has 0 bridgehead atoms. The summed E-state index contributed by atoms with van der Waals surface area (Å²) in [6.07, 6.45) is 4.45. The molecule has 0 spiro atoms. The Balaban J connectivity index is 1.64. The largest absolute Gasteiger partial charge is 0.348 e. The zero-order chi connectivity index (χ0) is 16.7. The standard InChI is InChI=1S/C19H23N3O2/c1-21-16-8-3-2-6-13(16)12-14(19(21)24)18(23)20-15-7-4-10-22-11-5-9-17(15)22/h2-3,6,8,12,15,17H,4-5,7,9-11H2,1H3,(H,20,23)/t15-,17-/m0/s1. The van der Waals surface area contributed by atoms with Crippen LogP contribution in [0, 0.1) is 0 Å². The van der Waals surface area contributed by atoms with Crippen LogP contribution < -0.4 is 10.9 Å². The quantitative estimate of drug-likeness (QED) is 0.917. The summed E-state index contributed by atoms with van der Waals surface area (Å²) >= 11 is 0. The van der Waals surface area contributed by atoms with Gasteiger partial charge in [0.15, 0.2) is 0 Å². The van der Waals surface area contributed by atoms with E-state index in [0.29, 0.717) is 6.04 Å². The van der Waals surface area contributed by atoms with Gasteiger partial charge in [0.05, 0.1) is 5.52 Å². The van der Waals surface area contributed by atoms with Crippen LogP contribution in [0.1, 0.15) is 36.0 Å². The number of nitrogens with zero attached hydrogens (tertiary/aromatic N) is 2. The SMILES string of the molecule is Cn1c(=O)c(C(=O)N[C@H]2CCCN3CCC[C@@H]23)cc2ccccc21. The maximum Gasteiger partial charge on any atom is 0.263 e. The molecule has 3 heterocycles. The van der Waals surface area contributed by atoms with E-state index >= 15 is 0 Å². The van der Waals surface area contributed by atoms with Crippen molar-refractivity contribution >= 4 is 16.8 Å². The van der Waals surface area contributed by atoms with Crippen molar-refractivity contribution in [2.75, 3.05) is 13.1 Å². The van der Waals surface area contributed by atoms with E-state index in [1.54, 1.807) is 17.7 Å². The van der Waals surface area contributed by atoms with Gasteiger partial charge in [-0.05, 0) is 56.3 Å². The lowest BCUT2D eigenvalue weighted by molar-refractivity contribution is 0.0866. The fourth-order valence-corrected chi connectivity index (χ4v) is 4.29. The van der Waals surface area contributed by atoms with Crippen molar-refractivity contribution in [2.24, 2.45) is 7.05 Å². The van der Waals surface area contributed by atoms with Crippen LogP contribution in [0.2, 0.25) is 0 Å². The molecule has 2 fully saturated rings. The van der Waals surface area contributed by atoms with Gasteiger partial charge in [0.25, 0.3) is 11.5 Å². The fourth-order valence-electron chi connectivity index (χ4n) is 4.29. The fraction of sp³-hybridized carbons (Fsp3) is 0.474. The number of para-hydroxylation sites is 1. The molecule has 2 saturated heterocycles. The van der Waals surface area contributed by atoms with E-state index in [9.17, 15) is 9.59 Å². The summed E-state index contributed by atoms with van der Waals surface area (Å²) in [7, 11) is 1.72. The van der Waals surface area contributed by atoms with E-state index in [4.69, 9.17) is 0 Å². The third kappa shape index (κ3) is 2.53. The lowest BCUT2D eigenvalue weighted by Gasteiger charge is -2.37. The second-order valence-electron chi connectivity index (χ2n) is 6.95. The maximum atomic E-state index is 12.8. The van der Waals surface area contributed by atoms with Gasteiger partial charge in [0, 0.05) is 19.1 Å². The smallest absolute Gasteiger partial charge is 0.263 e. The lowest BCUT2D eigenvalue weighted by atomic mass is 9.96. The molecule has 126 valence electrons.